The molecule has 1 aromatic carbocycles. The van der Waals surface area contributed by atoms with Gasteiger partial charge in [0.2, 0.25) is 0 Å². The molecule has 2 heterocycles. The third-order valence-electron chi connectivity index (χ3n) is 4.02. The van der Waals surface area contributed by atoms with Crippen molar-refractivity contribution in [2.45, 2.75) is 25.4 Å². The summed E-state index contributed by atoms with van der Waals surface area (Å²) in [6.07, 6.45) is 3.83. The van der Waals surface area contributed by atoms with Crippen LogP contribution in [0.5, 0.6) is 0 Å². The van der Waals surface area contributed by atoms with Crippen LogP contribution in [0.4, 0.5) is 0 Å². The van der Waals surface area contributed by atoms with Crippen molar-refractivity contribution in [3.63, 3.8) is 0 Å². The Labute approximate surface area is 142 Å². The molecule has 1 fully saturated rings. The number of hydrogen-bond donors (Lipinski definition) is 1. The van der Waals surface area contributed by atoms with E-state index < -0.39 is 0 Å². The molecule has 23 heavy (non-hydrogen) atoms. The van der Waals surface area contributed by atoms with E-state index in [0.717, 1.165) is 31.5 Å². The number of nitrogens with one attached hydrogen (secondary N) is 1. The molecular formula is C16H22ClN5O. The summed E-state index contributed by atoms with van der Waals surface area (Å²) in [6.45, 7) is 2.54. The van der Waals surface area contributed by atoms with E-state index in [9.17, 15) is 4.79 Å². The number of nitrogens with zero attached hydrogens (tertiary/aromatic N) is 4. The lowest BCUT2D eigenvalue weighted by Gasteiger charge is -2.22. The van der Waals surface area contributed by atoms with Crippen LogP contribution in [0.3, 0.4) is 0 Å². The Bertz CT molecular complexity index is 624. The zero-order valence-corrected chi connectivity index (χ0v) is 14.0. The first kappa shape index (κ1) is 17.4. The Morgan fingerprint density at radius 3 is 2.70 bits per heavy atom. The lowest BCUT2D eigenvalue weighted by Crippen LogP contribution is -2.29. The Hall–Kier alpha value is -1.92. The number of carbonyl (C=O) groups excluding carboxylic acids is 1. The van der Waals surface area contributed by atoms with Crippen LogP contribution < -0.4 is 5.32 Å². The molecule has 0 atom stereocenters. The molecule has 1 aliphatic rings. The number of piperidine rings is 1. The number of hydrogen-bond acceptors (Lipinski definition) is 4. The first-order valence-electron chi connectivity index (χ1n) is 7.66. The summed E-state index contributed by atoms with van der Waals surface area (Å²) < 4.78 is 1.84. The number of amides is 1. The molecule has 6 nitrogen and oxygen atoms in total. The number of benzene rings is 1. The molecule has 2 aromatic rings. The Morgan fingerprint density at radius 2 is 2.00 bits per heavy atom. The normalized spacial score (nSPS) is 15.0. The van der Waals surface area contributed by atoms with Crippen LogP contribution in [0.25, 0.3) is 0 Å². The lowest BCUT2D eigenvalue weighted by molar-refractivity contribution is 0.0779. The van der Waals surface area contributed by atoms with E-state index in [0.29, 0.717) is 18.3 Å². The van der Waals surface area contributed by atoms with Gasteiger partial charge < -0.3 is 10.2 Å². The molecule has 3 rings (SSSR count). The highest BCUT2D eigenvalue weighted by Gasteiger charge is 2.20. The number of carbonyl (C=O) groups is 1. The summed E-state index contributed by atoms with van der Waals surface area (Å²) in [7, 11) is 1.79. The summed E-state index contributed by atoms with van der Waals surface area (Å²) in [5, 5.41) is 11.5. The van der Waals surface area contributed by atoms with E-state index in [4.69, 9.17) is 0 Å². The molecule has 1 aliphatic heterocycles. The fraction of sp³-hybridized carbons (Fsp3) is 0.438. The predicted octanol–water partition coefficient (Wildman–Crippen LogP) is 1.90. The number of aromatic nitrogens is 3. The van der Waals surface area contributed by atoms with Gasteiger partial charge in [-0.1, -0.05) is 35.5 Å². The van der Waals surface area contributed by atoms with Crippen molar-refractivity contribution in [2.24, 2.45) is 0 Å². The van der Waals surface area contributed by atoms with Gasteiger partial charge in [-0.05, 0) is 31.5 Å². The van der Waals surface area contributed by atoms with Gasteiger partial charge in [-0.2, -0.15) is 0 Å². The zero-order valence-electron chi connectivity index (χ0n) is 13.2. The second kappa shape index (κ2) is 8.08. The molecule has 7 heteroatoms. The third kappa shape index (κ3) is 4.30. The summed E-state index contributed by atoms with van der Waals surface area (Å²) in [5.74, 6) is -0.0935. The Kier molecular flexibility index (Phi) is 6.12. The van der Waals surface area contributed by atoms with E-state index in [1.165, 1.54) is 0 Å². The zero-order chi connectivity index (χ0) is 15.4. The largest absolute Gasteiger partial charge is 0.336 e. The molecule has 1 aromatic heterocycles. The van der Waals surface area contributed by atoms with Gasteiger partial charge in [0, 0.05) is 13.6 Å². The second-order valence-electron chi connectivity index (χ2n) is 5.71. The molecule has 0 unspecified atom stereocenters. The van der Waals surface area contributed by atoms with E-state index in [2.05, 4.69) is 15.6 Å². The molecule has 0 spiro atoms. The third-order valence-corrected chi connectivity index (χ3v) is 4.02. The van der Waals surface area contributed by atoms with Gasteiger partial charge in [0.15, 0.2) is 5.69 Å². The molecule has 0 radical (unpaired) electrons. The molecule has 124 valence electrons. The number of halogens is 1. The monoisotopic (exact) mass is 335 g/mol. The van der Waals surface area contributed by atoms with Gasteiger partial charge in [-0.25, -0.2) is 4.68 Å². The fourth-order valence-corrected chi connectivity index (χ4v) is 2.75. The molecular weight excluding hydrogens is 314 g/mol. The van der Waals surface area contributed by atoms with Gasteiger partial charge in [0.25, 0.3) is 5.91 Å². The highest BCUT2D eigenvalue weighted by atomic mass is 35.5. The Morgan fingerprint density at radius 1 is 1.30 bits per heavy atom. The van der Waals surface area contributed by atoms with Gasteiger partial charge in [0.05, 0.1) is 12.2 Å². The van der Waals surface area contributed by atoms with E-state index >= 15 is 0 Å². The maximum Gasteiger partial charge on any atom is 0.276 e. The van der Waals surface area contributed by atoms with E-state index in [1.54, 1.807) is 18.1 Å². The van der Waals surface area contributed by atoms with Crippen molar-refractivity contribution < 1.29 is 4.79 Å². The average molecular weight is 336 g/mol. The van der Waals surface area contributed by atoms with Crippen molar-refractivity contribution in [3.05, 3.63) is 47.8 Å². The maximum absolute atomic E-state index is 12.4. The van der Waals surface area contributed by atoms with Crippen LogP contribution in [0.15, 0.2) is 36.5 Å². The second-order valence-corrected chi connectivity index (χ2v) is 5.71. The van der Waals surface area contributed by atoms with Crippen molar-refractivity contribution >= 4 is 18.3 Å². The van der Waals surface area contributed by atoms with Crippen LogP contribution in [0.1, 0.15) is 34.9 Å². The van der Waals surface area contributed by atoms with Gasteiger partial charge in [0.1, 0.15) is 0 Å². The van der Waals surface area contributed by atoms with Crippen molar-refractivity contribution in [3.8, 4) is 0 Å². The fourth-order valence-electron chi connectivity index (χ4n) is 2.75. The van der Waals surface area contributed by atoms with Crippen molar-refractivity contribution in [1.29, 1.82) is 0 Å². The summed E-state index contributed by atoms with van der Waals surface area (Å²) in [4.78, 5) is 14.1. The van der Waals surface area contributed by atoms with Crippen LogP contribution in [-0.4, -0.2) is 45.9 Å². The standard InChI is InChI=1S/C16H21N5O.ClH/c1-20(11-13-5-3-2-4-6-13)16(22)15-12-21(19-18-15)14-7-9-17-10-8-14;/h2-6,12,14,17H,7-11H2,1H3;1H. The SMILES string of the molecule is CN(Cc1ccccc1)C(=O)c1cn(C2CCNCC2)nn1.Cl. The lowest BCUT2D eigenvalue weighted by atomic mass is 10.1. The van der Waals surface area contributed by atoms with E-state index in [1.807, 2.05) is 35.0 Å². The highest BCUT2D eigenvalue weighted by molar-refractivity contribution is 5.91. The van der Waals surface area contributed by atoms with Crippen molar-refractivity contribution in [1.82, 2.24) is 25.2 Å². The van der Waals surface area contributed by atoms with Gasteiger partial charge in [-0.3, -0.25) is 4.79 Å². The topological polar surface area (TPSA) is 63.1 Å². The minimum atomic E-state index is -0.0935. The van der Waals surface area contributed by atoms with Gasteiger partial charge in [-0.15, -0.1) is 17.5 Å². The summed E-state index contributed by atoms with van der Waals surface area (Å²) in [5.41, 5.74) is 1.51. The predicted molar refractivity (Wildman–Crippen MR) is 90.7 cm³/mol. The minimum Gasteiger partial charge on any atom is -0.336 e. The molecule has 1 saturated heterocycles. The van der Waals surface area contributed by atoms with Crippen LogP contribution in [-0.2, 0) is 6.54 Å². The van der Waals surface area contributed by atoms with Crippen LogP contribution >= 0.6 is 12.4 Å². The highest BCUT2D eigenvalue weighted by Crippen LogP contribution is 2.17. The Balaban J connectivity index is 0.00000192. The molecule has 1 amide bonds. The number of rotatable bonds is 4. The molecule has 0 bridgehead atoms. The molecule has 0 aliphatic carbocycles. The molecule has 1 N–H and O–H groups in total. The minimum absolute atomic E-state index is 0. The van der Waals surface area contributed by atoms with Crippen LogP contribution in [0.2, 0.25) is 0 Å². The van der Waals surface area contributed by atoms with E-state index in [-0.39, 0.29) is 18.3 Å². The smallest absolute Gasteiger partial charge is 0.276 e. The first-order valence-corrected chi connectivity index (χ1v) is 7.66. The maximum atomic E-state index is 12.4. The average Bonchev–Trinajstić information content (AvgIpc) is 3.06. The summed E-state index contributed by atoms with van der Waals surface area (Å²) >= 11 is 0. The molecule has 0 saturated carbocycles. The van der Waals surface area contributed by atoms with Gasteiger partial charge >= 0.3 is 0 Å². The first-order chi connectivity index (χ1) is 10.7. The summed E-state index contributed by atoms with van der Waals surface area (Å²) in [6, 6.07) is 10.3. The quantitative estimate of drug-likeness (QED) is 0.927. The van der Waals surface area contributed by atoms with Crippen LogP contribution in [0, 0.1) is 0 Å². The van der Waals surface area contributed by atoms with Crippen molar-refractivity contribution in [2.75, 3.05) is 20.1 Å².